The average Bonchev–Trinajstić information content (AvgIpc) is 2.35. The minimum atomic E-state index is 0.969. The van der Waals surface area contributed by atoms with Crippen molar-refractivity contribution in [3.63, 3.8) is 0 Å². The van der Waals surface area contributed by atoms with Crippen LogP contribution in [-0.4, -0.2) is 9.97 Å². The van der Waals surface area contributed by atoms with Gasteiger partial charge in [0.25, 0.3) is 0 Å². The monoisotopic (exact) mass is 222 g/mol. The largest absolute Gasteiger partial charge is 0.244 e. The van der Waals surface area contributed by atoms with Gasteiger partial charge in [-0.2, -0.15) is 0 Å². The second kappa shape index (κ2) is 3.81. The van der Waals surface area contributed by atoms with E-state index >= 15 is 0 Å². The Bertz CT molecular complexity index is 702. The quantitative estimate of drug-likeness (QED) is 0.587. The van der Waals surface area contributed by atoms with Crippen LogP contribution in [-0.2, 0) is 6.42 Å². The van der Waals surface area contributed by atoms with Crippen molar-refractivity contribution in [2.45, 2.75) is 20.3 Å². The van der Waals surface area contributed by atoms with Crippen LogP contribution in [0.15, 0.2) is 36.4 Å². The molecule has 0 aliphatic rings. The summed E-state index contributed by atoms with van der Waals surface area (Å²) in [6.45, 7) is 4.23. The third kappa shape index (κ3) is 1.76. The van der Waals surface area contributed by atoms with E-state index in [9.17, 15) is 0 Å². The summed E-state index contributed by atoms with van der Waals surface area (Å²) in [6.07, 6.45) is 1.03. The van der Waals surface area contributed by atoms with Crippen molar-refractivity contribution < 1.29 is 0 Å². The van der Waals surface area contributed by atoms with Crippen molar-refractivity contribution >= 4 is 22.1 Å². The van der Waals surface area contributed by atoms with E-state index in [1.54, 1.807) is 0 Å². The normalized spacial score (nSPS) is 11.2. The molecule has 1 heterocycles. The number of aryl methyl sites for hydroxylation is 2. The second-order valence-electron chi connectivity index (χ2n) is 4.39. The fourth-order valence-corrected chi connectivity index (χ4v) is 2.05. The van der Waals surface area contributed by atoms with Gasteiger partial charge in [-0.15, -0.1) is 0 Å². The van der Waals surface area contributed by atoms with Gasteiger partial charge < -0.3 is 0 Å². The third-order valence-corrected chi connectivity index (χ3v) is 3.06. The number of rotatable bonds is 1. The van der Waals surface area contributed by atoms with Crippen molar-refractivity contribution in [3.8, 4) is 0 Å². The van der Waals surface area contributed by atoms with Gasteiger partial charge in [-0.1, -0.05) is 19.1 Å². The highest BCUT2D eigenvalue weighted by Crippen LogP contribution is 2.18. The Morgan fingerprint density at radius 1 is 0.824 bits per heavy atom. The number of benzene rings is 2. The van der Waals surface area contributed by atoms with E-state index in [0.717, 1.165) is 28.5 Å². The Morgan fingerprint density at radius 2 is 1.47 bits per heavy atom. The number of aromatic nitrogens is 2. The van der Waals surface area contributed by atoms with Gasteiger partial charge in [-0.3, -0.25) is 0 Å². The minimum Gasteiger partial charge on any atom is -0.244 e. The van der Waals surface area contributed by atoms with Crippen molar-refractivity contribution in [2.75, 3.05) is 0 Å². The van der Waals surface area contributed by atoms with Crippen molar-refractivity contribution in [1.82, 2.24) is 9.97 Å². The van der Waals surface area contributed by atoms with E-state index in [1.165, 1.54) is 11.1 Å². The molecule has 84 valence electrons. The number of fused-ring (bicyclic) bond motifs is 2. The SMILES string of the molecule is CCc1ccc2nc3cc(C)ccc3nc2c1. The predicted molar refractivity (Wildman–Crippen MR) is 71.2 cm³/mol. The molecular formula is C15H14N2. The summed E-state index contributed by atoms with van der Waals surface area (Å²) in [5.41, 5.74) is 6.42. The molecular weight excluding hydrogens is 208 g/mol. The zero-order valence-electron chi connectivity index (χ0n) is 10.1. The molecule has 0 atom stereocenters. The van der Waals surface area contributed by atoms with Crippen LogP contribution in [0, 0.1) is 6.92 Å². The maximum atomic E-state index is 4.66. The van der Waals surface area contributed by atoms with E-state index < -0.39 is 0 Å². The molecule has 2 aromatic carbocycles. The molecule has 3 rings (SSSR count). The Hall–Kier alpha value is -1.96. The van der Waals surface area contributed by atoms with Crippen LogP contribution in [0.25, 0.3) is 22.1 Å². The van der Waals surface area contributed by atoms with Gasteiger partial charge in [-0.25, -0.2) is 9.97 Å². The van der Waals surface area contributed by atoms with E-state index in [2.05, 4.69) is 54.1 Å². The van der Waals surface area contributed by atoms with E-state index in [0.29, 0.717) is 0 Å². The van der Waals surface area contributed by atoms with Gasteiger partial charge in [0.15, 0.2) is 0 Å². The molecule has 0 aliphatic carbocycles. The zero-order valence-corrected chi connectivity index (χ0v) is 10.1. The molecule has 1 aromatic heterocycles. The van der Waals surface area contributed by atoms with Crippen LogP contribution in [0.2, 0.25) is 0 Å². The standard InChI is InChI=1S/C15H14N2/c1-3-11-5-7-13-15(9-11)17-12-6-4-10(2)8-14(12)16-13/h4-9H,3H2,1-2H3. The lowest BCUT2D eigenvalue weighted by Gasteiger charge is -2.03. The predicted octanol–water partition coefficient (Wildman–Crippen LogP) is 3.65. The first-order valence-corrected chi connectivity index (χ1v) is 5.93. The molecule has 0 saturated heterocycles. The average molecular weight is 222 g/mol. The first-order chi connectivity index (χ1) is 8.26. The fraction of sp³-hybridized carbons (Fsp3) is 0.200. The maximum Gasteiger partial charge on any atom is 0.0897 e. The second-order valence-corrected chi connectivity index (χ2v) is 4.39. The van der Waals surface area contributed by atoms with E-state index in [4.69, 9.17) is 0 Å². The van der Waals surface area contributed by atoms with Crippen molar-refractivity contribution in [2.24, 2.45) is 0 Å². The molecule has 0 unspecified atom stereocenters. The summed E-state index contributed by atoms with van der Waals surface area (Å²) < 4.78 is 0. The third-order valence-electron chi connectivity index (χ3n) is 3.06. The summed E-state index contributed by atoms with van der Waals surface area (Å²) in [7, 11) is 0. The highest BCUT2D eigenvalue weighted by Gasteiger charge is 2.02. The summed E-state index contributed by atoms with van der Waals surface area (Å²) in [5, 5.41) is 0. The van der Waals surface area contributed by atoms with Crippen LogP contribution in [0.1, 0.15) is 18.1 Å². The molecule has 17 heavy (non-hydrogen) atoms. The Balaban J connectivity index is 2.35. The zero-order chi connectivity index (χ0) is 11.8. The van der Waals surface area contributed by atoms with E-state index in [-0.39, 0.29) is 0 Å². The summed E-state index contributed by atoms with van der Waals surface area (Å²) >= 11 is 0. The first kappa shape index (κ1) is 10.2. The molecule has 0 bridgehead atoms. The van der Waals surface area contributed by atoms with Gasteiger partial charge in [0.2, 0.25) is 0 Å². The molecule has 3 aromatic rings. The highest BCUT2D eigenvalue weighted by atomic mass is 14.8. The molecule has 0 fully saturated rings. The van der Waals surface area contributed by atoms with Crippen LogP contribution in [0.5, 0.6) is 0 Å². The number of nitrogens with zero attached hydrogens (tertiary/aromatic N) is 2. The van der Waals surface area contributed by atoms with Gasteiger partial charge in [0.05, 0.1) is 22.1 Å². The lowest BCUT2D eigenvalue weighted by molar-refractivity contribution is 1.14. The van der Waals surface area contributed by atoms with Crippen molar-refractivity contribution in [3.05, 3.63) is 47.5 Å². The van der Waals surface area contributed by atoms with Gasteiger partial charge >= 0.3 is 0 Å². The fourth-order valence-electron chi connectivity index (χ4n) is 2.05. The minimum absolute atomic E-state index is 0.969. The van der Waals surface area contributed by atoms with Crippen LogP contribution < -0.4 is 0 Å². The lowest BCUT2D eigenvalue weighted by Crippen LogP contribution is -1.89. The molecule has 0 saturated carbocycles. The molecule has 2 heteroatoms. The summed E-state index contributed by atoms with van der Waals surface area (Å²) in [5.74, 6) is 0. The highest BCUT2D eigenvalue weighted by molar-refractivity contribution is 5.86. The molecule has 0 aliphatic heterocycles. The number of hydrogen-bond donors (Lipinski definition) is 0. The van der Waals surface area contributed by atoms with Gasteiger partial charge in [-0.05, 0) is 48.7 Å². The summed E-state index contributed by atoms with van der Waals surface area (Å²) in [6, 6.07) is 12.5. The molecule has 0 radical (unpaired) electrons. The Labute approximate surface area is 100 Å². The summed E-state index contributed by atoms with van der Waals surface area (Å²) in [4.78, 5) is 9.32. The smallest absolute Gasteiger partial charge is 0.0897 e. The van der Waals surface area contributed by atoms with E-state index in [1.807, 2.05) is 6.07 Å². The van der Waals surface area contributed by atoms with Crippen molar-refractivity contribution in [1.29, 1.82) is 0 Å². The maximum absolute atomic E-state index is 4.66. The Kier molecular flexibility index (Phi) is 2.29. The first-order valence-electron chi connectivity index (χ1n) is 5.93. The number of hydrogen-bond acceptors (Lipinski definition) is 2. The van der Waals surface area contributed by atoms with Crippen LogP contribution in [0.3, 0.4) is 0 Å². The lowest BCUT2D eigenvalue weighted by atomic mass is 10.1. The van der Waals surface area contributed by atoms with Gasteiger partial charge in [0, 0.05) is 0 Å². The molecule has 0 spiro atoms. The Morgan fingerprint density at radius 3 is 2.18 bits per heavy atom. The molecule has 0 amide bonds. The van der Waals surface area contributed by atoms with Crippen LogP contribution >= 0.6 is 0 Å². The van der Waals surface area contributed by atoms with Gasteiger partial charge in [0.1, 0.15) is 0 Å². The molecule has 2 nitrogen and oxygen atoms in total. The topological polar surface area (TPSA) is 25.8 Å². The van der Waals surface area contributed by atoms with Crippen LogP contribution in [0.4, 0.5) is 0 Å². The molecule has 0 N–H and O–H groups in total.